The van der Waals surface area contributed by atoms with Gasteiger partial charge in [-0.1, -0.05) is 19.1 Å². The van der Waals surface area contributed by atoms with Gasteiger partial charge in [0.2, 0.25) is 0 Å². The number of fused-ring (bicyclic) bond motifs is 1. The highest BCUT2D eigenvalue weighted by Gasteiger charge is 2.31. The number of alkyl halides is 3. The van der Waals surface area contributed by atoms with E-state index in [-0.39, 0.29) is 18.6 Å². The summed E-state index contributed by atoms with van der Waals surface area (Å²) in [6, 6.07) is 6.82. The third kappa shape index (κ3) is 3.81. The van der Waals surface area contributed by atoms with Crippen LogP contribution in [0.5, 0.6) is 0 Å². The van der Waals surface area contributed by atoms with E-state index in [1.54, 1.807) is 11.3 Å². The molecular weight excluding hydrogens is 349 g/mol. The van der Waals surface area contributed by atoms with Crippen LogP contribution in [0, 0.1) is 0 Å². The average molecular weight is 368 g/mol. The van der Waals surface area contributed by atoms with Gasteiger partial charge in [0, 0.05) is 18.0 Å². The van der Waals surface area contributed by atoms with Crippen LogP contribution in [0.15, 0.2) is 35.7 Å². The first-order valence-corrected chi connectivity index (χ1v) is 9.05. The quantitative estimate of drug-likeness (QED) is 0.814. The van der Waals surface area contributed by atoms with Crippen molar-refractivity contribution in [2.75, 3.05) is 6.54 Å². The molecule has 1 atom stereocenters. The van der Waals surface area contributed by atoms with Gasteiger partial charge in [0.05, 0.1) is 11.6 Å². The van der Waals surface area contributed by atoms with Gasteiger partial charge in [-0.2, -0.15) is 13.2 Å². The number of carbonyl (C=O) groups excluding carboxylic acids is 1. The second-order valence-corrected chi connectivity index (χ2v) is 7.02. The number of amides is 2. The average Bonchev–Trinajstić information content (AvgIpc) is 3.07. The number of hydrogen-bond donors (Lipinski definition) is 1. The largest absolute Gasteiger partial charge is 0.416 e. The Kier molecular flexibility index (Phi) is 5.03. The summed E-state index contributed by atoms with van der Waals surface area (Å²) in [5, 5.41) is 4.88. The Hall–Kier alpha value is -2.02. The van der Waals surface area contributed by atoms with E-state index in [2.05, 4.69) is 16.8 Å². The normalized spacial score (nSPS) is 17.3. The lowest BCUT2D eigenvalue weighted by Crippen LogP contribution is -2.44. The monoisotopic (exact) mass is 368 g/mol. The van der Waals surface area contributed by atoms with Crippen molar-refractivity contribution in [3.63, 3.8) is 0 Å². The van der Waals surface area contributed by atoms with Gasteiger partial charge in [0.15, 0.2) is 0 Å². The predicted octanol–water partition coefficient (Wildman–Crippen LogP) is 4.99. The number of rotatable bonds is 3. The molecule has 1 aliphatic rings. The van der Waals surface area contributed by atoms with Crippen LogP contribution in [0.1, 0.15) is 41.0 Å². The molecule has 0 saturated heterocycles. The molecule has 0 saturated carbocycles. The summed E-state index contributed by atoms with van der Waals surface area (Å²) in [4.78, 5) is 15.7. The molecule has 0 spiro atoms. The lowest BCUT2D eigenvalue weighted by Gasteiger charge is -2.35. The van der Waals surface area contributed by atoms with Crippen molar-refractivity contribution in [2.45, 2.75) is 38.5 Å². The van der Waals surface area contributed by atoms with Gasteiger partial charge in [-0.05, 0) is 47.5 Å². The molecule has 7 heteroatoms. The fourth-order valence-corrected chi connectivity index (χ4v) is 4.10. The molecule has 134 valence electrons. The molecule has 1 aromatic heterocycles. The highest BCUT2D eigenvalue weighted by molar-refractivity contribution is 7.10. The summed E-state index contributed by atoms with van der Waals surface area (Å²) >= 11 is 1.72. The maximum atomic E-state index is 12.6. The van der Waals surface area contributed by atoms with Crippen LogP contribution in [0.2, 0.25) is 0 Å². The Morgan fingerprint density at radius 2 is 2.00 bits per heavy atom. The minimum absolute atomic E-state index is 0.0580. The van der Waals surface area contributed by atoms with Gasteiger partial charge < -0.3 is 10.2 Å². The molecule has 1 aromatic carbocycles. The molecule has 2 amide bonds. The number of benzene rings is 1. The highest BCUT2D eigenvalue weighted by atomic mass is 32.1. The van der Waals surface area contributed by atoms with Crippen molar-refractivity contribution in [1.82, 2.24) is 10.2 Å². The van der Waals surface area contributed by atoms with E-state index in [0.29, 0.717) is 12.1 Å². The maximum absolute atomic E-state index is 12.6. The summed E-state index contributed by atoms with van der Waals surface area (Å²) in [6.07, 6.45) is -2.67. The molecule has 0 aliphatic carbocycles. The minimum Gasteiger partial charge on any atom is -0.334 e. The molecule has 3 nitrogen and oxygen atoms in total. The molecule has 25 heavy (non-hydrogen) atoms. The smallest absolute Gasteiger partial charge is 0.334 e. The maximum Gasteiger partial charge on any atom is 0.416 e. The number of thiophene rings is 1. The van der Waals surface area contributed by atoms with E-state index in [9.17, 15) is 18.0 Å². The summed E-state index contributed by atoms with van der Waals surface area (Å²) in [5.74, 6) is 0. The minimum atomic E-state index is -4.35. The number of urea groups is 1. The number of nitrogens with zero attached hydrogens (tertiary/aromatic N) is 1. The van der Waals surface area contributed by atoms with E-state index in [4.69, 9.17) is 0 Å². The fourth-order valence-electron chi connectivity index (χ4n) is 3.17. The molecule has 3 rings (SSSR count). The second kappa shape index (κ2) is 7.07. The molecule has 1 aliphatic heterocycles. The van der Waals surface area contributed by atoms with Crippen molar-refractivity contribution in [3.05, 3.63) is 57.3 Å². The third-order valence-electron chi connectivity index (χ3n) is 4.47. The second-order valence-electron chi connectivity index (χ2n) is 6.02. The van der Waals surface area contributed by atoms with Crippen molar-refractivity contribution >= 4 is 17.4 Å². The van der Waals surface area contributed by atoms with Crippen molar-refractivity contribution in [3.8, 4) is 0 Å². The number of nitrogens with one attached hydrogen (secondary N) is 1. The molecule has 0 fully saturated rings. The van der Waals surface area contributed by atoms with Crippen molar-refractivity contribution in [1.29, 1.82) is 0 Å². The Morgan fingerprint density at radius 1 is 1.28 bits per heavy atom. The van der Waals surface area contributed by atoms with E-state index in [0.717, 1.165) is 25.0 Å². The first-order valence-electron chi connectivity index (χ1n) is 8.17. The first-order chi connectivity index (χ1) is 11.9. The van der Waals surface area contributed by atoms with Crippen molar-refractivity contribution in [2.24, 2.45) is 0 Å². The topological polar surface area (TPSA) is 32.3 Å². The van der Waals surface area contributed by atoms with Crippen LogP contribution >= 0.6 is 11.3 Å². The molecule has 1 unspecified atom stereocenters. The van der Waals surface area contributed by atoms with Gasteiger partial charge in [-0.15, -0.1) is 11.3 Å². The zero-order valence-electron chi connectivity index (χ0n) is 13.8. The van der Waals surface area contributed by atoms with E-state index in [1.807, 2.05) is 11.8 Å². The van der Waals surface area contributed by atoms with Crippen LogP contribution in [-0.4, -0.2) is 17.5 Å². The predicted molar refractivity (Wildman–Crippen MR) is 91.4 cm³/mol. The number of hydrogen-bond acceptors (Lipinski definition) is 2. The Morgan fingerprint density at radius 3 is 2.64 bits per heavy atom. The number of halogens is 3. The summed E-state index contributed by atoms with van der Waals surface area (Å²) in [7, 11) is 0. The van der Waals surface area contributed by atoms with E-state index >= 15 is 0 Å². The summed E-state index contributed by atoms with van der Waals surface area (Å²) < 4.78 is 37.7. The van der Waals surface area contributed by atoms with Crippen LogP contribution in [-0.2, 0) is 19.1 Å². The van der Waals surface area contributed by atoms with Gasteiger partial charge >= 0.3 is 12.2 Å². The fraction of sp³-hybridized carbons (Fsp3) is 0.389. The van der Waals surface area contributed by atoms with Crippen LogP contribution in [0.4, 0.5) is 18.0 Å². The molecule has 0 radical (unpaired) electrons. The highest BCUT2D eigenvalue weighted by Crippen LogP contribution is 2.35. The molecule has 0 bridgehead atoms. The molecule has 2 heterocycles. The van der Waals surface area contributed by atoms with Crippen LogP contribution in [0.25, 0.3) is 0 Å². The third-order valence-corrected chi connectivity index (χ3v) is 5.46. The first kappa shape index (κ1) is 17.8. The zero-order chi connectivity index (χ0) is 18.0. The lowest BCUT2D eigenvalue weighted by atomic mass is 9.98. The van der Waals surface area contributed by atoms with Gasteiger partial charge in [0.1, 0.15) is 0 Å². The van der Waals surface area contributed by atoms with Crippen LogP contribution < -0.4 is 5.32 Å². The lowest BCUT2D eigenvalue weighted by molar-refractivity contribution is -0.137. The SMILES string of the molecule is CCC1c2ccsc2CCN1C(=O)NCc1ccc(C(F)(F)F)cc1. The zero-order valence-corrected chi connectivity index (χ0v) is 14.6. The van der Waals surface area contributed by atoms with Gasteiger partial charge in [-0.25, -0.2) is 4.79 Å². The van der Waals surface area contributed by atoms with E-state index < -0.39 is 11.7 Å². The Bertz CT molecular complexity index is 740. The summed E-state index contributed by atoms with van der Waals surface area (Å²) in [6.45, 7) is 2.92. The van der Waals surface area contributed by atoms with Gasteiger partial charge in [0.25, 0.3) is 0 Å². The molecule has 1 N–H and O–H groups in total. The molecular formula is C18H19F3N2OS. The number of carbonyl (C=O) groups is 1. The van der Waals surface area contributed by atoms with Crippen LogP contribution in [0.3, 0.4) is 0 Å². The van der Waals surface area contributed by atoms with Gasteiger partial charge in [-0.3, -0.25) is 0 Å². The van der Waals surface area contributed by atoms with E-state index in [1.165, 1.54) is 22.6 Å². The standard InChI is InChI=1S/C18H19F3N2OS/c1-2-15-14-8-10-25-16(14)7-9-23(15)17(24)22-11-12-3-5-13(6-4-12)18(19,20)21/h3-6,8,10,15H,2,7,9,11H2,1H3,(H,22,24). The summed E-state index contributed by atoms with van der Waals surface area (Å²) in [5.41, 5.74) is 1.17. The van der Waals surface area contributed by atoms with Crippen molar-refractivity contribution < 1.29 is 18.0 Å². The molecule has 2 aromatic rings. The Balaban J connectivity index is 1.63. The Labute approximate surface area is 148 Å².